The molecule has 2 aromatic carbocycles. The number of nitrogens with two attached hydrogens (primary N) is 1. The summed E-state index contributed by atoms with van der Waals surface area (Å²) in [5.41, 5.74) is 7.87. The van der Waals surface area contributed by atoms with Crippen molar-refractivity contribution in [1.29, 1.82) is 5.41 Å². The monoisotopic (exact) mass is 286 g/mol. The Morgan fingerprint density at radius 1 is 1.14 bits per heavy atom. The van der Waals surface area contributed by atoms with E-state index in [1.807, 2.05) is 19.1 Å². The zero-order valence-corrected chi connectivity index (χ0v) is 12.4. The molecule has 0 aliphatic rings. The standard InChI is InChI=1S/C17H19FN2O/c1-10(2)12-5-4-11(3)16(8-12)21-15-7-6-13(18)9-14(15)17(19)20/h4-10H,1-3H3,(H3,19,20). The van der Waals surface area contributed by atoms with Crippen LogP contribution in [0.5, 0.6) is 11.5 Å². The van der Waals surface area contributed by atoms with Gasteiger partial charge >= 0.3 is 0 Å². The zero-order chi connectivity index (χ0) is 15.6. The summed E-state index contributed by atoms with van der Waals surface area (Å²) in [5.74, 6) is 0.791. The van der Waals surface area contributed by atoms with Gasteiger partial charge in [-0.3, -0.25) is 5.41 Å². The molecule has 2 aromatic rings. The van der Waals surface area contributed by atoms with Gasteiger partial charge in [0.1, 0.15) is 23.2 Å². The van der Waals surface area contributed by atoms with E-state index in [4.69, 9.17) is 15.9 Å². The molecule has 4 heteroatoms. The highest BCUT2D eigenvalue weighted by atomic mass is 19.1. The van der Waals surface area contributed by atoms with Crippen LogP contribution in [-0.2, 0) is 0 Å². The Bertz CT molecular complexity index is 680. The highest BCUT2D eigenvalue weighted by Crippen LogP contribution is 2.30. The van der Waals surface area contributed by atoms with Crippen LogP contribution < -0.4 is 10.5 Å². The molecule has 0 atom stereocenters. The fourth-order valence-corrected chi connectivity index (χ4v) is 2.01. The molecule has 0 amide bonds. The molecule has 0 aliphatic heterocycles. The molecule has 0 saturated heterocycles. The maximum Gasteiger partial charge on any atom is 0.138 e. The van der Waals surface area contributed by atoms with Gasteiger partial charge in [-0.05, 0) is 48.2 Å². The molecule has 3 nitrogen and oxygen atoms in total. The van der Waals surface area contributed by atoms with Crippen molar-refractivity contribution in [3.63, 3.8) is 0 Å². The average molecular weight is 286 g/mol. The van der Waals surface area contributed by atoms with E-state index < -0.39 is 5.82 Å². The van der Waals surface area contributed by atoms with Crippen molar-refractivity contribution in [3.05, 3.63) is 58.9 Å². The summed E-state index contributed by atoms with van der Waals surface area (Å²) in [6.45, 7) is 6.15. The van der Waals surface area contributed by atoms with Crippen molar-refractivity contribution >= 4 is 5.84 Å². The molecular weight excluding hydrogens is 267 g/mol. The lowest BCUT2D eigenvalue weighted by Crippen LogP contribution is -2.12. The predicted molar refractivity (Wildman–Crippen MR) is 82.8 cm³/mol. The number of halogens is 1. The highest BCUT2D eigenvalue weighted by Gasteiger charge is 2.12. The Balaban J connectivity index is 2.43. The fourth-order valence-electron chi connectivity index (χ4n) is 2.01. The summed E-state index contributed by atoms with van der Waals surface area (Å²) in [6, 6.07) is 10.0. The van der Waals surface area contributed by atoms with Gasteiger partial charge in [0, 0.05) is 0 Å². The molecule has 0 aromatic heterocycles. The number of rotatable bonds is 4. The molecule has 0 spiro atoms. The Morgan fingerprint density at radius 3 is 2.48 bits per heavy atom. The number of nitrogens with one attached hydrogen (secondary N) is 1. The average Bonchev–Trinajstić information content (AvgIpc) is 2.42. The van der Waals surface area contributed by atoms with E-state index in [2.05, 4.69) is 19.9 Å². The Labute approximate surface area is 124 Å². The van der Waals surface area contributed by atoms with Crippen LogP contribution in [0.25, 0.3) is 0 Å². The number of aryl methyl sites for hydroxylation is 1. The van der Waals surface area contributed by atoms with Gasteiger partial charge in [-0.2, -0.15) is 0 Å². The van der Waals surface area contributed by atoms with Crippen LogP contribution in [0.3, 0.4) is 0 Å². The van der Waals surface area contributed by atoms with Crippen LogP contribution in [0.4, 0.5) is 4.39 Å². The zero-order valence-electron chi connectivity index (χ0n) is 12.4. The molecule has 0 saturated carbocycles. The van der Waals surface area contributed by atoms with Crippen molar-refractivity contribution < 1.29 is 9.13 Å². The number of benzene rings is 2. The molecule has 0 bridgehead atoms. The van der Waals surface area contributed by atoms with Gasteiger partial charge in [0.2, 0.25) is 0 Å². The minimum atomic E-state index is -0.444. The van der Waals surface area contributed by atoms with E-state index in [0.29, 0.717) is 17.4 Å². The van der Waals surface area contributed by atoms with Crippen LogP contribution >= 0.6 is 0 Å². The third-order valence-electron chi connectivity index (χ3n) is 3.33. The molecule has 0 heterocycles. The summed E-state index contributed by atoms with van der Waals surface area (Å²) in [7, 11) is 0. The normalized spacial score (nSPS) is 10.7. The smallest absolute Gasteiger partial charge is 0.138 e. The summed E-state index contributed by atoms with van der Waals surface area (Å²) in [6.07, 6.45) is 0. The number of amidine groups is 1. The summed E-state index contributed by atoms with van der Waals surface area (Å²) >= 11 is 0. The van der Waals surface area contributed by atoms with Gasteiger partial charge in [-0.15, -0.1) is 0 Å². The van der Waals surface area contributed by atoms with Crippen LogP contribution in [0.15, 0.2) is 36.4 Å². The van der Waals surface area contributed by atoms with Crippen molar-refractivity contribution in [2.75, 3.05) is 0 Å². The van der Waals surface area contributed by atoms with Crippen molar-refractivity contribution in [2.24, 2.45) is 5.73 Å². The van der Waals surface area contributed by atoms with Crippen LogP contribution in [-0.4, -0.2) is 5.84 Å². The topological polar surface area (TPSA) is 59.1 Å². The second-order valence-corrected chi connectivity index (χ2v) is 5.34. The first-order valence-corrected chi connectivity index (χ1v) is 6.81. The van der Waals surface area contributed by atoms with Gasteiger partial charge in [0.05, 0.1) is 5.56 Å². The summed E-state index contributed by atoms with van der Waals surface area (Å²) in [4.78, 5) is 0. The molecule has 0 radical (unpaired) electrons. The first-order valence-electron chi connectivity index (χ1n) is 6.81. The second kappa shape index (κ2) is 5.95. The maximum atomic E-state index is 13.3. The van der Waals surface area contributed by atoms with E-state index in [0.717, 1.165) is 11.1 Å². The number of nitrogen functional groups attached to an aromatic ring is 1. The molecule has 110 valence electrons. The van der Waals surface area contributed by atoms with E-state index in [-0.39, 0.29) is 11.4 Å². The maximum absolute atomic E-state index is 13.3. The predicted octanol–water partition coefficient (Wildman–Crippen LogP) is 4.33. The number of ether oxygens (including phenoxy) is 1. The van der Waals surface area contributed by atoms with Crippen molar-refractivity contribution in [1.82, 2.24) is 0 Å². The Kier molecular flexibility index (Phi) is 4.26. The Morgan fingerprint density at radius 2 is 1.86 bits per heavy atom. The van der Waals surface area contributed by atoms with Gasteiger partial charge in [-0.1, -0.05) is 26.0 Å². The van der Waals surface area contributed by atoms with E-state index in [9.17, 15) is 4.39 Å². The first kappa shape index (κ1) is 15.0. The summed E-state index contributed by atoms with van der Waals surface area (Å²) < 4.78 is 19.1. The third-order valence-corrected chi connectivity index (χ3v) is 3.33. The quantitative estimate of drug-likeness (QED) is 0.649. The largest absolute Gasteiger partial charge is 0.456 e. The molecule has 21 heavy (non-hydrogen) atoms. The highest BCUT2D eigenvalue weighted by molar-refractivity contribution is 5.97. The minimum absolute atomic E-state index is 0.220. The van der Waals surface area contributed by atoms with Crippen molar-refractivity contribution in [3.8, 4) is 11.5 Å². The molecular formula is C17H19FN2O. The number of hydrogen-bond acceptors (Lipinski definition) is 2. The van der Waals surface area contributed by atoms with Gasteiger partial charge in [0.15, 0.2) is 0 Å². The fraction of sp³-hybridized carbons (Fsp3) is 0.235. The van der Waals surface area contributed by atoms with E-state index >= 15 is 0 Å². The SMILES string of the molecule is Cc1ccc(C(C)C)cc1Oc1ccc(F)cc1C(=N)N. The third kappa shape index (κ3) is 3.40. The van der Waals surface area contributed by atoms with E-state index in [1.54, 1.807) is 0 Å². The van der Waals surface area contributed by atoms with Gasteiger partial charge in [-0.25, -0.2) is 4.39 Å². The van der Waals surface area contributed by atoms with Gasteiger partial charge < -0.3 is 10.5 Å². The van der Waals surface area contributed by atoms with Crippen LogP contribution in [0.1, 0.15) is 36.5 Å². The van der Waals surface area contributed by atoms with Crippen LogP contribution in [0.2, 0.25) is 0 Å². The molecule has 0 fully saturated rings. The lowest BCUT2D eigenvalue weighted by molar-refractivity contribution is 0.474. The molecule has 2 rings (SSSR count). The van der Waals surface area contributed by atoms with Crippen molar-refractivity contribution in [2.45, 2.75) is 26.7 Å². The van der Waals surface area contributed by atoms with Gasteiger partial charge in [0.25, 0.3) is 0 Å². The summed E-state index contributed by atoms with van der Waals surface area (Å²) in [5, 5.41) is 7.53. The molecule has 0 unspecified atom stereocenters. The van der Waals surface area contributed by atoms with Crippen LogP contribution in [0, 0.1) is 18.2 Å². The lowest BCUT2D eigenvalue weighted by Gasteiger charge is -2.14. The second-order valence-electron chi connectivity index (χ2n) is 5.34. The lowest BCUT2D eigenvalue weighted by atomic mass is 10.0. The first-order chi connectivity index (χ1) is 9.88. The molecule has 3 N–H and O–H groups in total. The number of hydrogen-bond donors (Lipinski definition) is 2. The van der Waals surface area contributed by atoms with E-state index in [1.165, 1.54) is 18.2 Å². The minimum Gasteiger partial charge on any atom is -0.456 e. The Hall–Kier alpha value is -2.36. The molecule has 0 aliphatic carbocycles.